The van der Waals surface area contributed by atoms with Gasteiger partial charge in [0.2, 0.25) is 0 Å². The Morgan fingerprint density at radius 2 is 0.814 bits per heavy atom. The standard InChI is InChI=1S/C36H40O7/c1-38-36-35(42-26-30-20-12-5-13-21-30)34(41-25-29-18-10-4-11-19-29)33(40-24-28-16-8-3-9-17-28)32(31(22-37)43-36)39-23-27-14-6-2-7-15-27/h2-21,31-37H,22-26H2,1H3/t31-,32-,33+,34-,35-,36-/m1/s1. The van der Waals surface area contributed by atoms with Crippen LogP contribution in [-0.4, -0.2) is 55.6 Å². The Balaban J connectivity index is 1.50. The number of hydrogen-bond donors (Lipinski definition) is 1. The molecule has 1 aliphatic rings. The van der Waals surface area contributed by atoms with E-state index in [-0.39, 0.29) is 6.61 Å². The Hall–Kier alpha value is -3.40. The molecule has 5 rings (SSSR count). The molecule has 1 fully saturated rings. The van der Waals surface area contributed by atoms with E-state index in [1.54, 1.807) is 7.11 Å². The van der Waals surface area contributed by atoms with Gasteiger partial charge >= 0.3 is 0 Å². The van der Waals surface area contributed by atoms with Crippen LogP contribution in [0.3, 0.4) is 0 Å². The van der Waals surface area contributed by atoms with Gasteiger partial charge in [-0.15, -0.1) is 0 Å². The maximum Gasteiger partial charge on any atom is 0.186 e. The Bertz CT molecular complexity index is 1200. The largest absolute Gasteiger partial charge is 0.394 e. The predicted molar refractivity (Wildman–Crippen MR) is 163 cm³/mol. The van der Waals surface area contributed by atoms with Crippen molar-refractivity contribution in [2.75, 3.05) is 13.7 Å². The first kappa shape index (κ1) is 31.0. The first-order valence-corrected chi connectivity index (χ1v) is 14.7. The number of aliphatic hydroxyl groups excluding tert-OH is 1. The molecule has 6 atom stereocenters. The van der Waals surface area contributed by atoms with Gasteiger partial charge in [0, 0.05) is 7.11 Å². The Labute approximate surface area is 253 Å². The Morgan fingerprint density at radius 3 is 1.16 bits per heavy atom. The van der Waals surface area contributed by atoms with Crippen LogP contribution in [0, 0.1) is 0 Å². The van der Waals surface area contributed by atoms with Crippen molar-refractivity contribution in [1.29, 1.82) is 0 Å². The molecule has 1 heterocycles. The fraction of sp³-hybridized carbons (Fsp3) is 0.333. The zero-order chi connectivity index (χ0) is 29.7. The third kappa shape index (κ3) is 8.81. The van der Waals surface area contributed by atoms with E-state index < -0.39 is 36.8 Å². The van der Waals surface area contributed by atoms with E-state index in [2.05, 4.69) is 0 Å². The predicted octanol–water partition coefficient (Wildman–Crippen LogP) is 5.69. The van der Waals surface area contributed by atoms with Crippen molar-refractivity contribution in [2.45, 2.75) is 63.2 Å². The molecule has 1 N–H and O–H groups in total. The fourth-order valence-corrected chi connectivity index (χ4v) is 5.23. The Morgan fingerprint density at radius 1 is 0.488 bits per heavy atom. The van der Waals surface area contributed by atoms with Gasteiger partial charge in [-0.3, -0.25) is 0 Å². The molecule has 0 amide bonds. The number of benzene rings is 4. The average molecular weight is 585 g/mol. The van der Waals surface area contributed by atoms with Gasteiger partial charge in [0.15, 0.2) is 6.29 Å². The molecule has 0 saturated carbocycles. The highest BCUT2D eigenvalue weighted by atomic mass is 16.7. The van der Waals surface area contributed by atoms with Gasteiger partial charge < -0.3 is 33.5 Å². The summed E-state index contributed by atoms with van der Waals surface area (Å²) < 4.78 is 38.7. The van der Waals surface area contributed by atoms with Crippen LogP contribution < -0.4 is 0 Å². The zero-order valence-electron chi connectivity index (χ0n) is 24.4. The minimum Gasteiger partial charge on any atom is -0.394 e. The molecule has 4 aromatic rings. The second kappa shape index (κ2) is 16.4. The van der Waals surface area contributed by atoms with Gasteiger partial charge in [0.05, 0.1) is 33.0 Å². The molecular weight excluding hydrogens is 544 g/mol. The molecule has 0 spiro atoms. The normalized spacial score (nSPS) is 24.0. The third-order valence-corrected chi connectivity index (χ3v) is 7.47. The molecule has 1 aliphatic heterocycles. The van der Waals surface area contributed by atoms with E-state index in [4.69, 9.17) is 28.4 Å². The molecule has 0 aliphatic carbocycles. The molecule has 43 heavy (non-hydrogen) atoms. The van der Waals surface area contributed by atoms with Crippen LogP contribution in [0.1, 0.15) is 22.3 Å². The minimum absolute atomic E-state index is 0.301. The quantitative estimate of drug-likeness (QED) is 0.204. The van der Waals surface area contributed by atoms with Gasteiger partial charge in [-0.25, -0.2) is 0 Å². The Kier molecular flexibility index (Phi) is 11.9. The van der Waals surface area contributed by atoms with Crippen LogP contribution in [0.15, 0.2) is 121 Å². The molecule has 0 radical (unpaired) electrons. The summed E-state index contributed by atoms with van der Waals surface area (Å²) in [4.78, 5) is 0. The van der Waals surface area contributed by atoms with Crippen LogP contribution in [-0.2, 0) is 54.8 Å². The summed E-state index contributed by atoms with van der Waals surface area (Å²) in [6.07, 6.45) is -4.36. The molecule has 0 bridgehead atoms. The van der Waals surface area contributed by atoms with Crippen molar-refractivity contribution < 1.29 is 33.5 Å². The van der Waals surface area contributed by atoms with Crippen molar-refractivity contribution >= 4 is 0 Å². The topological polar surface area (TPSA) is 75.6 Å². The molecule has 1 saturated heterocycles. The van der Waals surface area contributed by atoms with Crippen LogP contribution in [0.5, 0.6) is 0 Å². The average Bonchev–Trinajstić information content (AvgIpc) is 3.19. The second-order valence-electron chi connectivity index (χ2n) is 10.5. The molecular formula is C36H40O7. The molecule has 0 aromatic heterocycles. The van der Waals surface area contributed by atoms with Crippen LogP contribution in [0.4, 0.5) is 0 Å². The van der Waals surface area contributed by atoms with Gasteiger partial charge in [-0.2, -0.15) is 0 Å². The van der Waals surface area contributed by atoms with E-state index >= 15 is 0 Å². The number of hydrogen-bond acceptors (Lipinski definition) is 7. The van der Waals surface area contributed by atoms with Crippen molar-refractivity contribution in [3.8, 4) is 0 Å². The molecule has 7 nitrogen and oxygen atoms in total. The maximum absolute atomic E-state index is 10.6. The van der Waals surface area contributed by atoms with Gasteiger partial charge in [-0.05, 0) is 22.3 Å². The lowest BCUT2D eigenvalue weighted by Gasteiger charge is -2.36. The summed E-state index contributed by atoms with van der Waals surface area (Å²) in [5.41, 5.74) is 4.00. The van der Waals surface area contributed by atoms with E-state index in [1.165, 1.54) is 0 Å². The zero-order valence-corrected chi connectivity index (χ0v) is 24.4. The van der Waals surface area contributed by atoms with Crippen molar-refractivity contribution in [3.05, 3.63) is 144 Å². The summed E-state index contributed by atoms with van der Waals surface area (Å²) in [6.45, 7) is 0.928. The van der Waals surface area contributed by atoms with Gasteiger partial charge in [-0.1, -0.05) is 121 Å². The van der Waals surface area contributed by atoms with Crippen LogP contribution >= 0.6 is 0 Å². The van der Waals surface area contributed by atoms with E-state index in [0.29, 0.717) is 26.4 Å². The number of ether oxygens (including phenoxy) is 6. The van der Waals surface area contributed by atoms with Crippen molar-refractivity contribution in [2.24, 2.45) is 0 Å². The summed E-state index contributed by atoms with van der Waals surface area (Å²) in [5.74, 6) is 0. The molecule has 0 unspecified atom stereocenters. The minimum atomic E-state index is -0.852. The van der Waals surface area contributed by atoms with E-state index in [9.17, 15) is 5.11 Å². The van der Waals surface area contributed by atoms with Gasteiger partial charge in [0.25, 0.3) is 0 Å². The van der Waals surface area contributed by atoms with Crippen molar-refractivity contribution in [3.63, 3.8) is 0 Å². The second-order valence-corrected chi connectivity index (χ2v) is 10.5. The lowest BCUT2D eigenvalue weighted by Crippen LogP contribution is -2.52. The highest BCUT2D eigenvalue weighted by Gasteiger charge is 2.50. The summed E-state index contributed by atoms with van der Waals surface area (Å²) in [5, 5.41) is 10.6. The van der Waals surface area contributed by atoms with E-state index in [1.807, 2.05) is 121 Å². The third-order valence-electron chi connectivity index (χ3n) is 7.47. The lowest BCUT2D eigenvalue weighted by molar-refractivity contribution is -0.243. The van der Waals surface area contributed by atoms with Crippen molar-refractivity contribution in [1.82, 2.24) is 0 Å². The first-order chi connectivity index (χ1) is 21.2. The molecule has 7 heteroatoms. The van der Waals surface area contributed by atoms with Crippen LogP contribution in [0.25, 0.3) is 0 Å². The number of methoxy groups -OCH3 is 1. The number of aliphatic hydroxyl groups is 1. The summed E-state index contributed by atoms with van der Waals surface area (Å²) in [7, 11) is 1.57. The first-order valence-electron chi connectivity index (χ1n) is 14.7. The lowest BCUT2D eigenvalue weighted by atomic mass is 9.99. The van der Waals surface area contributed by atoms with E-state index in [0.717, 1.165) is 22.3 Å². The SMILES string of the molecule is CO[C@@H]1O[C@H](CO)[C@@H](OCc2ccccc2)[C@H](OCc2ccccc2)[C@@H](OCc2ccccc2)[C@H]1OCc1ccccc1. The van der Waals surface area contributed by atoms with Crippen LogP contribution in [0.2, 0.25) is 0 Å². The number of rotatable bonds is 14. The maximum atomic E-state index is 10.6. The smallest absolute Gasteiger partial charge is 0.186 e. The van der Waals surface area contributed by atoms with Gasteiger partial charge in [0.1, 0.15) is 30.5 Å². The summed E-state index contributed by atoms with van der Waals surface area (Å²) in [6, 6.07) is 39.7. The summed E-state index contributed by atoms with van der Waals surface area (Å²) >= 11 is 0. The highest BCUT2D eigenvalue weighted by Crippen LogP contribution is 2.32. The fourth-order valence-electron chi connectivity index (χ4n) is 5.23. The monoisotopic (exact) mass is 584 g/mol. The molecule has 4 aromatic carbocycles. The highest BCUT2D eigenvalue weighted by molar-refractivity contribution is 5.16. The molecule has 226 valence electrons.